The summed E-state index contributed by atoms with van der Waals surface area (Å²) >= 11 is 1.79. The van der Waals surface area contributed by atoms with E-state index in [9.17, 15) is 9.59 Å². The van der Waals surface area contributed by atoms with Gasteiger partial charge in [0.05, 0.1) is 6.42 Å². The van der Waals surface area contributed by atoms with Crippen molar-refractivity contribution in [3.05, 3.63) is 0 Å². The number of amides is 2. The summed E-state index contributed by atoms with van der Waals surface area (Å²) in [6, 6.07) is -0.569. The van der Waals surface area contributed by atoms with E-state index in [2.05, 4.69) is 16.9 Å². The molecule has 100 valence electrons. The molecule has 1 atom stereocenters. The molecule has 0 bridgehead atoms. The van der Waals surface area contributed by atoms with E-state index in [4.69, 9.17) is 5.11 Å². The van der Waals surface area contributed by atoms with Crippen LogP contribution in [0.3, 0.4) is 0 Å². The van der Waals surface area contributed by atoms with Crippen molar-refractivity contribution >= 4 is 23.8 Å². The number of thioether (sulfide) groups is 1. The number of unbranched alkanes of at least 4 members (excludes halogenated alkanes) is 1. The van der Waals surface area contributed by atoms with E-state index in [1.807, 2.05) is 6.92 Å². The van der Waals surface area contributed by atoms with E-state index in [-0.39, 0.29) is 18.5 Å². The standard InChI is InChI=1S/C11H22N2O3S/c1-3-9(8-10(14)15)13-11(16)12-6-4-5-7-17-2/h9H,3-8H2,1-2H3,(H,14,15)(H2,12,13,16). The average molecular weight is 262 g/mol. The first-order valence-corrected chi connectivity index (χ1v) is 7.24. The number of carbonyl (C=O) groups is 2. The molecule has 0 aromatic rings. The first-order valence-electron chi connectivity index (χ1n) is 5.85. The van der Waals surface area contributed by atoms with Crippen molar-refractivity contribution in [3.63, 3.8) is 0 Å². The van der Waals surface area contributed by atoms with Gasteiger partial charge in [0.15, 0.2) is 0 Å². The number of nitrogens with one attached hydrogen (secondary N) is 2. The molecule has 0 radical (unpaired) electrons. The Labute approximate surface area is 107 Å². The Morgan fingerprint density at radius 3 is 2.59 bits per heavy atom. The van der Waals surface area contributed by atoms with Crippen LogP contribution < -0.4 is 10.6 Å². The Morgan fingerprint density at radius 2 is 2.06 bits per heavy atom. The van der Waals surface area contributed by atoms with E-state index >= 15 is 0 Å². The predicted molar refractivity (Wildman–Crippen MR) is 70.5 cm³/mol. The molecule has 0 saturated heterocycles. The lowest BCUT2D eigenvalue weighted by molar-refractivity contribution is -0.137. The van der Waals surface area contributed by atoms with Crippen molar-refractivity contribution in [1.29, 1.82) is 0 Å². The van der Waals surface area contributed by atoms with Crippen molar-refractivity contribution in [2.24, 2.45) is 0 Å². The van der Waals surface area contributed by atoms with Crippen molar-refractivity contribution < 1.29 is 14.7 Å². The molecule has 0 heterocycles. The minimum atomic E-state index is -0.892. The Balaban J connectivity index is 3.64. The Hall–Kier alpha value is -0.910. The smallest absolute Gasteiger partial charge is 0.315 e. The molecule has 2 amide bonds. The van der Waals surface area contributed by atoms with Crippen molar-refractivity contribution in [2.45, 2.75) is 38.6 Å². The van der Waals surface area contributed by atoms with Crippen molar-refractivity contribution in [1.82, 2.24) is 10.6 Å². The van der Waals surface area contributed by atoms with Crippen LogP contribution in [-0.2, 0) is 4.79 Å². The molecule has 0 fully saturated rings. The first-order chi connectivity index (χ1) is 8.10. The van der Waals surface area contributed by atoms with Gasteiger partial charge in [-0.15, -0.1) is 0 Å². The van der Waals surface area contributed by atoms with Gasteiger partial charge in [-0.1, -0.05) is 6.92 Å². The van der Waals surface area contributed by atoms with Gasteiger partial charge >= 0.3 is 12.0 Å². The minimum absolute atomic E-state index is 0.0314. The Morgan fingerprint density at radius 1 is 1.35 bits per heavy atom. The van der Waals surface area contributed by atoms with Crippen molar-refractivity contribution in [3.8, 4) is 0 Å². The third kappa shape index (κ3) is 9.99. The zero-order chi connectivity index (χ0) is 13.1. The van der Waals surface area contributed by atoms with E-state index in [1.54, 1.807) is 11.8 Å². The maximum Gasteiger partial charge on any atom is 0.315 e. The van der Waals surface area contributed by atoms with Crippen LogP contribution in [0.5, 0.6) is 0 Å². The second kappa shape index (κ2) is 10.3. The maximum atomic E-state index is 11.4. The number of rotatable bonds is 9. The lowest BCUT2D eigenvalue weighted by Crippen LogP contribution is -2.43. The first kappa shape index (κ1) is 16.1. The zero-order valence-corrected chi connectivity index (χ0v) is 11.3. The van der Waals surface area contributed by atoms with Gasteiger partial charge in [0, 0.05) is 12.6 Å². The normalized spacial score (nSPS) is 11.9. The van der Waals surface area contributed by atoms with Crippen LogP contribution in [0, 0.1) is 0 Å². The van der Waals surface area contributed by atoms with E-state index < -0.39 is 5.97 Å². The monoisotopic (exact) mass is 262 g/mol. The zero-order valence-electron chi connectivity index (χ0n) is 10.5. The fourth-order valence-corrected chi connectivity index (χ4v) is 1.81. The van der Waals surface area contributed by atoms with Crippen LogP contribution in [-0.4, -0.2) is 41.7 Å². The van der Waals surface area contributed by atoms with Crippen molar-refractivity contribution in [2.75, 3.05) is 18.6 Å². The molecule has 0 saturated carbocycles. The highest BCUT2D eigenvalue weighted by molar-refractivity contribution is 7.98. The molecular weight excluding hydrogens is 240 g/mol. The summed E-state index contributed by atoms with van der Waals surface area (Å²) < 4.78 is 0. The van der Waals surface area contributed by atoms with Gasteiger partial charge in [-0.3, -0.25) is 4.79 Å². The Kier molecular flexibility index (Phi) is 9.71. The number of carbonyl (C=O) groups excluding carboxylic acids is 1. The number of aliphatic carboxylic acids is 1. The molecule has 6 heteroatoms. The van der Waals surface area contributed by atoms with Crippen LogP contribution in [0.4, 0.5) is 4.79 Å². The summed E-state index contributed by atoms with van der Waals surface area (Å²) in [5.41, 5.74) is 0. The largest absolute Gasteiger partial charge is 0.481 e. The summed E-state index contributed by atoms with van der Waals surface area (Å²) in [4.78, 5) is 21.9. The van der Waals surface area contributed by atoms with Crippen LogP contribution in [0.2, 0.25) is 0 Å². The molecule has 17 heavy (non-hydrogen) atoms. The predicted octanol–water partition coefficient (Wildman–Crippen LogP) is 1.68. The molecule has 0 aliphatic heterocycles. The minimum Gasteiger partial charge on any atom is -0.481 e. The number of hydrogen-bond acceptors (Lipinski definition) is 3. The highest BCUT2D eigenvalue weighted by Crippen LogP contribution is 1.99. The third-order valence-corrected chi connectivity index (χ3v) is 3.01. The molecule has 1 unspecified atom stereocenters. The number of carboxylic acid groups (broad SMARTS) is 1. The highest BCUT2D eigenvalue weighted by Gasteiger charge is 2.13. The summed E-state index contributed by atoms with van der Waals surface area (Å²) in [5.74, 6) is 0.206. The Bertz CT molecular complexity index is 237. The van der Waals surface area contributed by atoms with Crippen LogP contribution in [0.15, 0.2) is 0 Å². The van der Waals surface area contributed by atoms with Gasteiger partial charge < -0.3 is 15.7 Å². The maximum absolute atomic E-state index is 11.4. The molecule has 0 aliphatic carbocycles. The van der Waals surface area contributed by atoms with E-state index in [0.717, 1.165) is 18.6 Å². The SMILES string of the molecule is CCC(CC(=O)O)NC(=O)NCCCCSC. The number of carboxylic acids is 1. The molecule has 0 aliphatic rings. The molecule has 0 spiro atoms. The average Bonchev–Trinajstić information content (AvgIpc) is 2.27. The third-order valence-electron chi connectivity index (χ3n) is 2.31. The van der Waals surface area contributed by atoms with Gasteiger partial charge in [0.2, 0.25) is 0 Å². The fraction of sp³-hybridized carbons (Fsp3) is 0.818. The van der Waals surface area contributed by atoms with E-state index in [1.165, 1.54) is 0 Å². The summed E-state index contributed by atoms with van der Waals surface area (Å²) in [6.07, 6.45) is 4.66. The fourth-order valence-electron chi connectivity index (χ4n) is 1.32. The number of hydrogen-bond donors (Lipinski definition) is 3. The van der Waals surface area contributed by atoms with Crippen LogP contribution >= 0.6 is 11.8 Å². The van der Waals surface area contributed by atoms with Gasteiger partial charge in [-0.2, -0.15) is 11.8 Å². The van der Waals surface area contributed by atoms with Crippen LogP contribution in [0.1, 0.15) is 32.6 Å². The second-order valence-electron chi connectivity index (χ2n) is 3.80. The van der Waals surface area contributed by atoms with Crippen LogP contribution in [0.25, 0.3) is 0 Å². The second-order valence-corrected chi connectivity index (χ2v) is 4.79. The topological polar surface area (TPSA) is 78.4 Å². The molecule has 0 aromatic heterocycles. The summed E-state index contributed by atoms with van der Waals surface area (Å²) in [5, 5.41) is 14.0. The number of urea groups is 1. The highest BCUT2D eigenvalue weighted by atomic mass is 32.2. The van der Waals surface area contributed by atoms with Gasteiger partial charge in [0.1, 0.15) is 0 Å². The lowest BCUT2D eigenvalue weighted by atomic mass is 10.1. The molecule has 3 N–H and O–H groups in total. The van der Waals surface area contributed by atoms with Gasteiger partial charge in [-0.25, -0.2) is 4.79 Å². The lowest BCUT2D eigenvalue weighted by Gasteiger charge is -2.15. The molecule has 0 rings (SSSR count). The summed E-state index contributed by atoms with van der Waals surface area (Å²) in [7, 11) is 0. The summed E-state index contributed by atoms with van der Waals surface area (Å²) in [6.45, 7) is 2.49. The quantitative estimate of drug-likeness (QED) is 0.552. The van der Waals surface area contributed by atoms with Gasteiger partial charge in [0.25, 0.3) is 0 Å². The molecule has 0 aromatic carbocycles. The molecule has 5 nitrogen and oxygen atoms in total. The van der Waals surface area contributed by atoms with E-state index in [0.29, 0.717) is 13.0 Å². The molecular formula is C11H22N2O3S. The van der Waals surface area contributed by atoms with Gasteiger partial charge in [-0.05, 0) is 31.3 Å².